The van der Waals surface area contributed by atoms with E-state index in [-0.39, 0.29) is 12.5 Å². The molecule has 1 amide bonds. The summed E-state index contributed by atoms with van der Waals surface area (Å²) in [5, 5.41) is 10.7. The van der Waals surface area contributed by atoms with Crippen molar-refractivity contribution in [1.82, 2.24) is 4.90 Å². The number of aliphatic hydroxyl groups is 1. The number of carbonyl (C=O) groups is 1. The summed E-state index contributed by atoms with van der Waals surface area (Å²) in [7, 11) is 3.41. The van der Waals surface area contributed by atoms with Crippen LogP contribution in [0.4, 0.5) is 0 Å². The van der Waals surface area contributed by atoms with E-state index in [0.29, 0.717) is 16.3 Å². The first kappa shape index (κ1) is 16.3. The van der Waals surface area contributed by atoms with Gasteiger partial charge in [-0.25, -0.2) is 0 Å². The van der Waals surface area contributed by atoms with Crippen molar-refractivity contribution in [1.29, 1.82) is 0 Å². The second-order valence-electron chi connectivity index (χ2n) is 5.10. The Kier molecular flexibility index (Phi) is 5.41. The van der Waals surface area contributed by atoms with Gasteiger partial charge in [-0.1, -0.05) is 23.7 Å². The Labute approximate surface area is 134 Å². The molecule has 0 fully saturated rings. The molecule has 0 aliphatic carbocycles. The van der Waals surface area contributed by atoms with Crippen molar-refractivity contribution in [3.8, 4) is 5.75 Å². The smallest absolute Gasteiger partial charge is 0.253 e. The van der Waals surface area contributed by atoms with Crippen LogP contribution in [0.15, 0.2) is 48.5 Å². The van der Waals surface area contributed by atoms with Gasteiger partial charge < -0.3 is 14.7 Å². The average Bonchev–Trinajstić information content (AvgIpc) is 2.53. The second kappa shape index (κ2) is 7.29. The summed E-state index contributed by atoms with van der Waals surface area (Å²) in [6, 6.07) is 13.8. The van der Waals surface area contributed by atoms with Crippen LogP contribution in [0.3, 0.4) is 0 Å². The van der Waals surface area contributed by atoms with Crippen LogP contribution in [0, 0.1) is 0 Å². The number of benzene rings is 2. The average molecular weight is 320 g/mol. The van der Waals surface area contributed by atoms with Gasteiger partial charge in [0.25, 0.3) is 5.91 Å². The van der Waals surface area contributed by atoms with Gasteiger partial charge in [-0.3, -0.25) is 4.79 Å². The standard InChI is InChI=1S/C17H18ClNO3/c1-19(2)17(21)13-5-9-15(10-6-13)22-11-16(20)12-3-7-14(18)8-4-12/h3-10,16,20H,11H2,1-2H3. The second-order valence-corrected chi connectivity index (χ2v) is 5.54. The summed E-state index contributed by atoms with van der Waals surface area (Å²) in [6.07, 6.45) is -0.736. The van der Waals surface area contributed by atoms with Gasteiger partial charge in [0.15, 0.2) is 0 Å². The number of rotatable bonds is 5. The molecule has 0 radical (unpaired) electrons. The Morgan fingerprint density at radius 3 is 2.27 bits per heavy atom. The molecule has 22 heavy (non-hydrogen) atoms. The summed E-state index contributed by atoms with van der Waals surface area (Å²) < 4.78 is 5.54. The van der Waals surface area contributed by atoms with Crippen LogP contribution in [-0.2, 0) is 0 Å². The Hall–Kier alpha value is -2.04. The highest BCUT2D eigenvalue weighted by Gasteiger charge is 2.10. The van der Waals surface area contributed by atoms with Crippen LogP contribution < -0.4 is 4.74 Å². The number of halogens is 1. The highest BCUT2D eigenvalue weighted by molar-refractivity contribution is 6.30. The van der Waals surface area contributed by atoms with Crippen LogP contribution in [0.2, 0.25) is 5.02 Å². The Morgan fingerprint density at radius 2 is 1.73 bits per heavy atom. The minimum absolute atomic E-state index is 0.0623. The SMILES string of the molecule is CN(C)C(=O)c1ccc(OCC(O)c2ccc(Cl)cc2)cc1. The van der Waals surface area contributed by atoms with Crippen LogP contribution in [0.25, 0.3) is 0 Å². The van der Waals surface area contributed by atoms with E-state index in [1.54, 1.807) is 62.6 Å². The lowest BCUT2D eigenvalue weighted by Crippen LogP contribution is -2.21. The van der Waals surface area contributed by atoms with Gasteiger partial charge in [0.05, 0.1) is 0 Å². The van der Waals surface area contributed by atoms with Gasteiger partial charge >= 0.3 is 0 Å². The molecule has 0 spiro atoms. The molecule has 0 heterocycles. The molecule has 2 aromatic rings. The van der Waals surface area contributed by atoms with E-state index in [1.165, 1.54) is 4.90 Å². The van der Waals surface area contributed by atoms with Crippen molar-refractivity contribution in [3.63, 3.8) is 0 Å². The number of nitrogens with zero attached hydrogens (tertiary/aromatic N) is 1. The molecule has 0 saturated carbocycles. The molecule has 1 atom stereocenters. The lowest BCUT2D eigenvalue weighted by molar-refractivity contribution is 0.0827. The zero-order chi connectivity index (χ0) is 16.1. The molecule has 116 valence electrons. The first-order valence-corrected chi connectivity index (χ1v) is 7.23. The maximum atomic E-state index is 11.8. The van der Waals surface area contributed by atoms with Gasteiger partial charge in [0, 0.05) is 24.7 Å². The van der Waals surface area contributed by atoms with E-state index in [0.717, 1.165) is 5.56 Å². The zero-order valence-electron chi connectivity index (χ0n) is 12.5. The fourth-order valence-corrected chi connectivity index (χ4v) is 2.03. The fourth-order valence-electron chi connectivity index (χ4n) is 1.91. The molecule has 0 aromatic heterocycles. The highest BCUT2D eigenvalue weighted by atomic mass is 35.5. The quantitative estimate of drug-likeness (QED) is 0.921. The maximum Gasteiger partial charge on any atom is 0.253 e. The first-order valence-electron chi connectivity index (χ1n) is 6.85. The van der Waals surface area contributed by atoms with Crippen LogP contribution in [0.1, 0.15) is 22.0 Å². The number of ether oxygens (including phenoxy) is 1. The molecule has 2 aromatic carbocycles. The lowest BCUT2D eigenvalue weighted by atomic mass is 10.1. The molecule has 2 rings (SSSR count). The van der Waals surface area contributed by atoms with E-state index in [9.17, 15) is 9.90 Å². The Morgan fingerprint density at radius 1 is 1.14 bits per heavy atom. The van der Waals surface area contributed by atoms with Gasteiger partial charge in [-0.15, -0.1) is 0 Å². The van der Waals surface area contributed by atoms with Crippen molar-refractivity contribution in [3.05, 3.63) is 64.7 Å². The monoisotopic (exact) mass is 319 g/mol. The normalized spacial score (nSPS) is 11.8. The highest BCUT2D eigenvalue weighted by Crippen LogP contribution is 2.19. The predicted octanol–water partition coefficient (Wildman–Crippen LogP) is 3.15. The summed E-state index contributed by atoms with van der Waals surface area (Å²) in [4.78, 5) is 13.3. The molecule has 0 bridgehead atoms. The van der Waals surface area contributed by atoms with Gasteiger partial charge in [0.2, 0.25) is 0 Å². The van der Waals surface area contributed by atoms with E-state index < -0.39 is 6.10 Å². The van der Waals surface area contributed by atoms with E-state index >= 15 is 0 Å². The lowest BCUT2D eigenvalue weighted by Gasteiger charge is -2.14. The van der Waals surface area contributed by atoms with Gasteiger partial charge in [-0.2, -0.15) is 0 Å². The fraction of sp³-hybridized carbons (Fsp3) is 0.235. The Balaban J connectivity index is 1.94. The van der Waals surface area contributed by atoms with E-state index in [2.05, 4.69) is 0 Å². The van der Waals surface area contributed by atoms with Crippen LogP contribution >= 0.6 is 11.6 Å². The molecule has 0 aliphatic rings. The maximum absolute atomic E-state index is 11.8. The van der Waals surface area contributed by atoms with Crippen molar-refractivity contribution in [2.75, 3.05) is 20.7 Å². The number of carbonyl (C=O) groups excluding carboxylic acids is 1. The number of hydrogen-bond acceptors (Lipinski definition) is 3. The topological polar surface area (TPSA) is 49.8 Å². The van der Waals surface area contributed by atoms with Crippen LogP contribution in [-0.4, -0.2) is 36.6 Å². The van der Waals surface area contributed by atoms with Crippen molar-refractivity contribution in [2.45, 2.75) is 6.10 Å². The zero-order valence-corrected chi connectivity index (χ0v) is 13.2. The molecular weight excluding hydrogens is 302 g/mol. The van der Waals surface area contributed by atoms with Gasteiger partial charge in [0.1, 0.15) is 18.5 Å². The largest absolute Gasteiger partial charge is 0.491 e. The number of aliphatic hydroxyl groups excluding tert-OH is 1. The molecule has 4 nitrogen and oxygen atoms in total. The van der Waals surface area contributed by atoms with E-state index in [1.807, 2.05) is 0 Å². The molecule has 1 unspecified atom stereocenters. The number of hydrogen-bond donors (Lipinski definition) is 1. The summed E-state index contributed by atoms with van der Waals surface area (Å²) in [5.41, 5.74) is 1.33. The van der Waals surface area contributed by atoms with Gasteiger partial charge in [-0.05, 0) is 42.0 Å². The Bertz CT molecular complexity index is 623. The molecule has 0 aliphatic heterocycles. The minimum Gasteiger partial charge on any atom is -0.491 e. The third kappa shape index (κ3) is 4.23. The minimum atomic E-state index is -0.736. The summed E-state index contributed by atoms with van der Waals surface area (Å²) >= 11 is 5.81. The van der Waals surface area contributed by atoms with Crippen molar-refractivity contribution < 1.29 is 14.6 Å². The van der Waals surface area contributed by atoms with Crippen LogP contribution in [0.5, 0.6) is 5.75 Å². The number of amides is 1. The van der Waals surface area contributed by atoms with Crippen molar-refractivity contribution >= 4 is 17.5 Å². The van der Waals surface area contributed by atoms with Crippen molar-refractivity contribution in [2.24, 2.45) is 0 Å². The van der Waals surface area contributed by atoms with E-state index in [4.69, 9.17) is 16.3 Å². The molecule has 5 heteroatoms. The predicted molar refractivity (Wildman–Crippen MR) is 86.4 cm³/mol. The summed E-state index contributed by atoms with van der Waals surface area (Å²) in [6.45, 7) is 0.128. The molecule has 0 saturated heterocycles. The third-order valence-corrected chi connectivity index (χ3v) is 3.42. The summed E-state index contributed by atoms with van der Waals surface area (Å²) in [5.74, 6) is 0.538. The first-order chi connectivity index (χ1) is 10.5. The molecular formula is C17H18ClNO3. The molecule has 1 N–H and O–H groups in total. The third-order valence-electron chi connectivity index (χ3n) is 3.17.